The molecule has 0 fully saturated rings. The number of nitrogens with zero attached hydrogens (tertiary/aromatic N) is 2. The van der Waals surface area contributed by atoms with Gasteiger partial charge in [0.05, 0.1) is 26.2 Å². The summed E-state index contributed by atoms with van der Waals surface area (Å²) in [5.74, 6) is -7.16. The third-order valence-electron chi connectivity index (χ3n) is 6.13. The summed E-state index contributed by atoms with van der Waals surface area (Å²) in [5.41, 5.74) is 0.477. The van der Waals surface area contributed by atoms with Gasteiger partial charge in [0, 0.05) is 24.2 Å². The van der Waals surface area contributed by atoms with Crippen LogP contribution in [0.2, 0.25) is 0 Å². The van der Waals surface area contributed by atoms with Crippen LogP contribution in [-0.4, -0.2) is 129 Å². The molecule has 16 heteroatoms. The van der Waals surface area contributed by atoms with Crippen molar-refractivity contribution in [3.63, 3.8) is 0 Å². The quantitative estimate of drug-likeness (QED) is 0.0798. The fourth-order valence-electron chi connectivity index (χ4n) is 4.19. The summed E-state index contributed by atoms with van der Waals surface area (Å²) in [5, 5.41) is 50.5. The van der Waals surface area contributed by atoms with Gasteiger partial charge in [-0.2, -0.15) is 0 Å². The van der Waals surface area contributed by atoms with Crippen LogP contribution in [0.25, 0.3) is 0 Å². The molecule has 1 aromatic carbocycles. The molecular weight excluding hydrogens is 572 g/mol. The number of unbranched alkanes of at least 4 members (excludes halogenated alkanes) is 3. The van der Waals surface area contributed by atoms with E-state index in [0.717, 1.165) is 4.90 Å². The maximum atomic E-state index is 12.5. The maximum Gasteiger partial charge on any atom is 0.320 e. The molecule has 16 nitrogen and oxygen atoms in total. The van der Waals surface area contributed by atoms with Crippen LogP contribution in [0, 0.1) is 0 Å². The van der Waals surface area contributed by atoms with Gasteiger partial charge in [-0.15, -0.1) is 0 Å². The predicted molar refractivity (Wildman–Crippen MR) is 149 cm³/mol. The van der Waals surface area contributed by atoms with Crippen molar-refractivity contribution in [1.29, 1.82) is 0 Å². The lowest BCUT2D eigenvalue weighted by Gasteiger charge is -2.25. The van der Waals surface area contributed by atoms with Crippen molar-refractivity contribution < 1.29 is 59.1 Å². The molecule has 0 radical (unpaired) electrons. The van der Waals surface area contributed by atoms with E-state index in [1.807, 2.05) is 0 Å². The minimum Gasteiger partial charge on any atom is -0.480 e. The molecule has 1 atom stereocenters. The molecule has 0 saturated heterocycles. The first-order valence-electron chi connectivity index (χ1n) is 13.5. The van der Waals surface area contributed by atoms with E-state index in [0.29, 0.717) is 32.2 Å². The SMILES string of the molecule is O=C(O)CN(CCCCCNC(=O)c1cccc(C(=O)NCCCCC(C(=O)O)N(CC(=O)O)CC(=O)O)c1)CC(=O)O. The number of carbonyl (C=O) groups excluding carboxylic acids is 2. The molecule has 2 amide bonds. The van der Waals surface area contributed by atoms with Crippen LogP contribution >= 0.6 is 0 Å². The van der Waals surface area contributed by atoms with E-state index in [4.69, 9.17) is 20.4 Å². The lowest BCUT2D eigenvalue weighted by atomic mass is 10.1. The first kappa shape index (κ1) is 36.5. The van der Waals surface area contributed by atoms with Gasteiger partial charge in [-0.05, 0) is 56.8 Å². The zero-order valence-electron chi connectivity index (χ0n) is 23.6. The van der Waals surface area contributed by atoms with Crippen LogP contribution in [0.15, 0.2) is 24.3 Å². The molecule has 1 aromatic rings. The second-order valence-electron chi connectivity index (χ2n) is 9.69. The third kappa shape index (κ3) is 15.9. The largest absolute Gasteiger partial charge is 0.480 e. The van der Waals surface area contributed by atoms with Crippen LogP contribution in [0.3, 0.4) is 0 Å². The minimum absolute atomic E-state index is 0.0235. The first-order valence-corrected chi connectivity index (χ1v) is 13.5. The summed E-state index contributed by atoms with van der Waals surface area (Å²) in [6.07, 6.45) is 2.34. The summed E-state index contributed by atoms with van der Waals surface area (Å²) >= 11 is 0. The standard InChI is InChI=1S/C27H38N4O12/c32-21(33)14-30(15-22(34)35)12-5-1-3-10-28-25(40)18-7-6-8-19(13-18)26(41)29-11-4-2-9-20(27(42)43)31(16-23(36)37)17-24(38)39/h6-8,13,20H,1-5,9-12,14-17H2,(H,28,40)(H,29,41)(H,32,33)(H,34,35)(H,36,37)(H,38,39)(H,42,43). The molecule has 0 aliphatic heterocycles. The molecular formula is C27H38N4O12. The predicted octanol–water partition coefficient (Wildman–Crippen LogP) is -0.118. The third-order valence-corrected chi connectivity index (χ3v) is 6.13. The van der Waals surface area contributed by atoms with Gasteiger partial charge in [-0.3, -0.25) is 43.4 Å². The molecule has 0 heterocycles. The lowest BCUT2D eigenvalue weighted by Crippen LogP contribution is -2.46. The van der Waals surface area contributed by atoms with Gasteiger partial charge in [0.25, 0.3) is 11.8 Å². The van der Waals surface area contributed by atoms with Gasteiger partial charge in [-0.1, -0.05) is 12.5 Å². The van der Waals surface area contributed by atoms with Gasteiger partial charge in [0.15, 0.2) is 0 Å². The number of carbonyl (C=O) groups is 7. The van der Waals surface area contributed by atoms with Crippen molar-refractivity contribution in [1.82, 2.24) is 20.4 Å². The number of hydrogen-bond acceptors (Lipinski definition) is 9. The highest BCUT2D eigenvalue weighted by atomic mass is 16.4. The van der Waals surface area contributed by atoms with E-state index < -0.39 is 60.8 Å². The van der Waals surface area contributed by atoms with E-state index in [1.165, 1.54) is 23.1 Å². The Hall–Kier alpha value is -4.57. The number of aliphatic carboxylic acids is 5. The van der Waals surface area contributed by atoms with Crippen LogP contribution in [0.5, 0.6) is 0 Å². The van der Waals surface area contributed by atoms with E-state index in [-0.39, 0.29) is 50.1 Å². The fourth-order valence-corrected chi connectivity index (χ4v) is 4.19. The van der Waals surface area contributed by atoms with Crippen LogP contribution < -0.4 is 10.6 Å². The highest BCUT2D eigenvalue weighted by Gasteiger charge is 2.28. The number of amides is 2. The molecule has 43 heavy (non-hydrogen) atoms. The minimum atomic E-state index is -1.35. The second-order valence-corrected chi connectivity index (χ2v) is 9.69. The Balaban J connectivity index is 2.47. The van der Waals surface area contributed by atoms with Crippen molar-refractivity contribution in [3.8, 4) is 0 Å². The lowest BCUT2D eigenvalue weighted by molar-refractivity contribution is -0.150. The van der Waals surface area contributed by atoms with Gasteiger partial charge in [0.1, 0.15) is 6.04 Å². The van der Waals surface area contributed by atoms with Crippen LogP contribution in [-0.2, 0) is 24.0 Å². The second kappa shape index (κ2) is 19.5. The molecule has 0 aliphatic rings. The highest BCUT2D eigenvalue weighted by Crippen LogP contribution is 2.11. The van der Waals surface area contributed by atoms with Gasteiger partial charge >= 0.3 is 29.8 Å². The Kier molecular flexibility index (Phi) is 16.6. The van der Waals surface area contributed by atoms with E-state index in [1.54, 1.807) is 6.07 Å². The van der Waals surface area contributed by atoms with Crippen LogP contribution in [0.4, 0.5) is 0 Å². The zero-order chi connectivity index (χ0) is 32.4. The van der Waals surface area contributed by atoms with Crippen molar-refractivity contribution >= 4 is 41.7 Å². The van der Waals surface area contributed by atoms with Crippen molar-refractivity contribution in [2.24, 2.45) is 0 Å². The number of rotatable bonds is 23. The average Bonchev–Trinajstić information content (AvgIpc) is 2.90. The number of carboxylic acids is 5. The molecule has 0 aliphatic carbocycles. The molecule has 1 unspecified atom stereocenters. The molecule has 0 saturated carbocycles. The van der Waals surface area contributed by atoms with Gasteiger partial charge in [-0.25, -0.2) is 0 Å². The smallest absolute Gasteiger partial charge is 0.320 e. The summed E-state index contributed by atoms with van der Waals surface area (Å²) in [6.45, 7) is -1.47. The summed E-state index contributed by atoms with van der Waals surface area (Å²) in [7, 11) is 0. The van der Waals surface area contributed by atoms with Crippen molar-refractivity contribution in [2.45, 2.75) is 44.6 Å². The normalized spacial score (nSPS) is 11.6. The van der Waals surface area contributed by atoms with Crippen molar-refractivity contribution in [3.05, 3.63) is 35.4 Å². The van der Waals surface area contributed by atoms with Gasteiger partial charge < -0.3 is 36.2 Å². The Morgan fingerprint density at radius 2 is 1.09 bits per heavy atom. The Bertz CT molecular complexity index is 1110. The number of benzene rings is 1. The molecule has 1 rings (SSSR count). The fraction of sp³-hybridized carbons (Fsp3) is 0.519. The Morgan fingerprint density at radius 3 is 1.53 bits per heavy atom. The molecule has 7 N–H and O–H groups in total. The Labute approximate surface area is 247 Å². The summed E-state index contributed by atoms with van der Waals surface area (Å²) in [4.78, 5) is 82.5. The summed E-state index contributed by atoms with van der Waals surface area (Å²) in [6, 6.07) is 4.69. The van der Waals surface area contributed by atoms with E-state index >= 15 is 0 Å². The molecule has 0 bridgehead atoms. The van der Waals surface area contributed by atoms with Crippen molar-refractivity contribution in [2.75, 3.05) is 45.8 Å². The zero-order valence-corrected chi connectivity index (χ0v) is 23.6. The van der Waals surface area contributed by atoms with E-state index in [9.17, 15) is 38.7 Å². The maximum absolute atomic E-state index is 12.5. The number of nitrogens with one attached hydrogen (secondary N) is 2. The summed E-state index contributed by atoms with van der Waals surface area (Å²) < 4.78 is 0. The van der Waals surface area contributed by atoms with E-state index in [2.05, 4.69) is 10.6 Å². The molecule has 0 aromatic heterocycles. The monoisotopic (exact) mass is 610 g/mol. The van der Waals surface area contributed by atoms with Crippen LogP contribution in [0.1, 0.15) is 59.2 Å². The molecule has 0 spiro atoms. The Morgan fingerprint density at radius 1 is 0.628 bits per heavy atom. The number of carboxylic acid groups (broad SMARTS) is 5. The first-order chi connectivity index (χ1) is 20.3. The highest BCUT2D eigenvalue weighted by molar-refractivity contribution is 5.99. The van der Waals surface area contributed by atoms with Gasteiger partial charge in [0.2, 0.25) is 0 Å². The molecule has 238 valence electrons. The topological polar surface area (TPSA) is 251 Å². The average molecular weight is 611 g/mol. The number of hydrogen-bond donors (Lipinski definition) is 7.